The van der Waals surface area contributed by atoms with Gasteiger partial charge in [-0.2, -0.15) is 5.10 Å². The number of aromatic amines is 1. The first-order valence-corrected chi connectivity index (χ1v) is 2.07. The Balaban J connectivity index is 3.04. The molecule has 7 heavy (non-hydrogen) atoms. The van der Waals surface area contributed by atoms with Crippen molar-refractivity contribution >= 4 is 11.6 Å². The Morgan fingerprint density at radius 3 is 2.71 bits per heavy atom. The van der Waals surface area contributed by atoms with Gasteiger partial charge in [0.15, 0.2) is 5.15 Å². The second-order valence-electron chi connectivity index (χ2n) is 1.08. The van der Waals surface area contributed by atoms with Crippen molar-refractivity contribution in [3.63, 3.8) is 0 Å². The molecular weight excluding hydrogens is 115 g/mol. The van der Waals surface area contributed by atoms with Crippen LogP contribution >= 0.6 is 11.6 Å². The summed E-state index contributed by atoms with van der Waals surface area (Å²) in [6, 6.07) is 1.32. The standard InChI is InChI=1S/C3H3ClN2O/c4-2-1-3(7)6-5-2/h1H,(H2,5,6,7). The summed E-state index contributed by atoms with van der Waals surface area (Å²) < 4.78 is 0. The number of H-pyrrole nitrogens is 1. The topological polar surface area (TPSA) is 48.9 Å². The molecule has 0 aliphatic carbocycles. The van der Waals surface area contributed by atoms with E-state index in [1.165, 1.54) is 6.07 Å². The van der Waals surface area contributed by atoms with E-state index in [0.29, 0.717) is 0 Å². The first kappa shape index (κ1) is 4.46. The van der Waals surface area contributed by atoms with Crippen molar-refractivity contribution in [2.75, 3.05) is 0 Å². The van der Waals surface area contributed by atoms with E-state index in [9.17, 15) is 0 Å². The van der Waals surface area contributed by atoms with Crippen molar-refractivity contribution in [3.05, 3.63) is 11.2 Å². The summed E-state index contributed by atoms with van der Waals surface area (Å²) in [5, 5.41) is 14.4. The van der Waals surface area contributed by atoms with Gasteiger partial charge in [0.25, 0.3) is 0 Å². The molecule has 1 heterocycles. The third-order valence-corrected chi connectivity index (χ3v) is 0.727. The molecule has 0 fully saturated rings. The molecule has 0 spiro atoms. The average Bonchev–Trinajstić information content (AvgIpc) is 1.87. The van der Waals surface area contributed by atoms with E-state index in [4.69, 9.17) is 16.7 Å². The quantitative estimate of drug-likeness (QED) is 0.529. The van der Waals surface area contributed by atoms with E-state index < -0.39 is 0 Å². The maximum absolute atomic E-state index is 8.45. The second kappa shape index (κ2) is 1.42. The fraction of sp³-hybridized carbons (Fsp3) is 0. The molecule has 1 aromatic heterocycles. The van der Waals surface area contributed by atoms with Crippen LogP contribution in [0.25, 0.3) is 0 Å². The Morgan fingerprint density at radius 2 is 2.57 bits per heavy atom. The molecule has 0 radical (unpaired) electrons. The number of rotatable bonds is 0. The molecule has 0 aliphatic heterocycles. The number of hydrogen-bond donors (Lipinski definition) is 2. The predicted octanol–water partition coefficient (Wildman–Crippen LogP) is 0.769. The number of hydrogen-bond acceptors (Lipinski definition) is 2. The van der Waals surface area contributed by atoms with Crippen molar-refractivity contribution in [2.45, 2.75) is 0 Å². The van der Waals surface area contributed by atoms with Crippen molar-refractivity contribution in [1.82, 2.24) is 10.2 Å². The number of halogens is 1. The Morgan fingerprint density at radius 1 is 1.86 bits per heavy atom. The van der Waals surface area contributed by atoms with Crippen LogP contribution in [-0.2, 0) is 0 Å². The molecule has 2 N–H and O–H groups in total. The van der Waals surface area contributed by atoms with E-state index in [0.717, 1.165) is 0 Å². The average molecular weight is 119 g/mol. The minimum Gasteiger partial charge on any atom is -0.494 e. The summed E-state index contributed by atoms with van der Waals surface area (Å²) in [7, 11) is 0. The van der Waals surface area contributed by atoms with Gasteiger partial charge in [-0.1, -0.05) is 11.6 Å². The summed E-state index contributed by atoms with van der Waals surface area (Å²) in [6.07, 6.45) is 0. The van der Waals surface area contributed by atoms with E-state index in [-0.39, 0.29) is 11.0 Å². The van der Waals surface area contributed by atoms with Crippen molar-refractivity contribution in [3.8, 4) is 5.88 Å². The van der Waals surface area contributed by atoms with Crippen LogP contribution in [0.1, 0.15) is 0 Å². The van der Waals surface area contributed by atoms with Gasteiger partial charge in [0, 0.05) is 6.07 Å². The lowest BCUT2D eigenvalue weighted by Crippen LogP contribution is -1.61. The molecule has 0 amide bonds. The molecule has 0 saturated heterocycles. The Labute approximate surface area is 44.9 Å². The Hall–Kier alpha value is -0.700. The molecule has 1 aromatic rings. The molecule has 4 heteroatoms. The van der Waals surface area contributed by atoms with Crippen molar-refractivity contribution < 1.29 is 5.11 Å². The molecule has 0 bridgehead atoms. The minimum atomic E-state index is -0.00926. The van der Waals surface area contributed by atoms with Crippen LogP contribution < -0.4 is 0 Å². The maximum Gasteiger partial charge on any atom is 0.208 e. The van der Waals surface area contributed by atoms with Crippen LogP contribution in [0, 0.1) is 0 Å². The van der Waals surface area contributed by atoms with Gasteiger partial charge in [-0.25, -0.2) is 5.10 Å². The van der Waals surface area contributed by atoms with Crippen molar-refractivity contribution in [1.29, 1.82) is 0 Å². The molecule has 3 nitrogen and oxygen atoms in total. The summed E-state index contributed by atoms with van der Waals surface area (Å²) in [4.78, 5) is 0. The largest absolute Gasteiger partial charge is 0.494 e. The molecule has 0 atom stereocenters. The number of aromatic hydroxyl groups is 1. The highest BCUT2D eigenvalue weighted by molar-refractivity contribution is 6.29. The Kier molecular flexibility index (Phi) is 0.906. The van der Waals surface area contributed by atoms with Gasteiger partial charge < -0.3 is 5.11 Å². The summed E-state index contributed by atoms with van der Waals surface area (Å²) in [6.45, 7) is 0. The molecule has 0 unspecified atom stereocenters. The molecule has 0 aliphatic rings. The SMILES string of the molecule is Oc1cc(Cl)n[nH]1. The number of nitrogens with zero attached hydrogens (tertiary/aromatic N) is 1. The van der Waals surface area contributed by atoms with Gasteiger partial charge >= 0.3 is 0 Å². The summed E-state index contributed by atoms with van der Waals surface area (Å²) in [5.41, 5.74) is 0. The molecule has 1 rings (SSSR count). The van der Waals surface area contributed by atoms with Crippen molar-refractivity contribution in [2.24, 2.45) is 0 Å². The van der Waals surface area contributed by atoms with E-state index >= 15 is 0 Å². The van der Waals surface area contributed by atoms with Gasteiger partial charge in [0.1, 0.15) is 0 Å². The third kappa shape index (κ3) is 0.838. The minimum absolute atomic E-state index is 0.00926. The van der Waals surface area contributed by atoms with E-state index in [1.807, 2.05) is 0 Å². The lowest BCUT2D eigenvalue weighted by Gasteiger charge is -1.69. The van der Waals surface area contributed by atoms with Gasteiger partial charge in [0.05, 0.1) is 0 Å². The van der Waals surface area contributed by atoms with Crippen LogP contribution in [0.3, 0.4) is 0 Å². The second-order valence-corrected chi connectivity index (χ2v) is 1.46. The number of nitrogens with one attached hydrogen (secondary N) is 1. The zero-order valence-corrected chi connectivity index (χ0v) is 4.11. The highest BCUT2D eigenvalue weighted by Gasteiger charge is 1.89. The van der Waals surface area contributed by atoms with E-state index in [2.05, 4.69) is 10.2 Å². The lowest BCUT2D eigenvalue weighted by molar-refractivity contribution is 0.452. The van der Waals surface area contributed by atoms with Gasteiger partial charge in [-0.05, 0) is 0 Å². The highest BCUT2D eigenvalue weighted by Crippen LogP contribution is 2.08. The zero-order valence-electron chi connectivity index (χ0n) is 3.35. The van der Waals surface area contributed by atoms with Crippen LogP contribution in [0.2, 0.25) is 5.15 Å². The predicted molar refractivity (Wildman–Crippen MR) is 25.3 cm³/mol. The van der Waals surface area contributed by atoms with E-state index in [1.54, 1.807) is 0 Å². The Bertz CT molecular complexity index is 145. The molecule has 0 saturated carbocycles. The lowest BCUT2D eigenvalue weighted by atomic mass is 10.7. The maximum atomic E-state index is 8.45. The first-order chi connectivity index (χ1) is 3.29. The van der Waals surface area contributed by atoms with Crippen LogP contribution in [0.4, 0.5) is 0 Å². The highest BCUT2D eigenvalue weighted by atomic mass is 35.5. The fourth-order valence-corrected chi connectivity index (χ4v) is 0.434. The van der Waals surface area contributed by atoms with Crippen LogP contribution in [-0.4, -0.2) is 15.3 Å². The van der Waals surface area contributed by atoms with Gasteiger partial charge in [-0.15, -0.1) is 0 Å². The summed E-state index contributed by atoms with van der Waals surface area (Å²) in [5.74, 6) is -0.00926. The smallest absolute Gasteiger partial charge is 0.208 e. The normalized spacial score (nSPS) is 9.29. The molecule has 38 valence electrons. The first-order valence-electron chi connectivity index (χ1n) is 1.69. The fourth-order valence-electron chi connectivity index (χ4n) is 0.288. The third-order valence-electron chi connectivity index (χ3n) is 0.533. The van der Waals surface area contributed by atoms with Crippen LogP contribution in [0.5, 0.6) is 5.88 Å². The summed E-state index contributed by atoms with van der Waals surface area (Å²) >= 11 is 5.26. The molecule has 0 aromatic carbocycles. The monoisotopic (exact) mass is 118 g/mol. The van der Waals surface area contributed by atoms with Gasteiger partial charge in [-0.3, -0.25) is 0 Å². The van der Waals surface area contributed by atoms with Gasteiger partial charge in [0.2, 0.25) is 5.88 Å². The zero-order chi connectivity index (χ0) is 5.28. The molecular formula is C3H3ClN2O. The van der Waals surface area contributed by atoms with Crippen LogP contribution in [0.15, 0.2) is 6.07 Å². The number of aromatic nitrogens is 2.